The van der Waals surface area contributed by atoms with Crippen molar-refractivity contribution in [3.63, 3.8) is 0 Å². The molecule has 0 saturated carbocycles. The molecule has 0 aromatic heterocycles. The van der Waals surface area contributed by atoms with Gasteiger partial charge in [-0.15, -0.1) is 0 Å². The maximum Gasteiger partial charge on any atom is 0.231 e. The summed E-state index contributed by atoms with van der Waals surface area (Å²) in [5.74, 6) is 1.94. The number of hydrogen-bond acceptors (Lipinski definition) is 3. The summed E-state index contributed by atoms with van der Waals surface area (Å²) in [7, 11) is 0. The minimum atomic E-state index is 0.189. The van der Waals surface area contributed by atoms with Gasteiger partial charge in [0.2, 0.25) is 6.79 Å². The monoisotopic (exact) mass is 306 g/mol. The van der Waals surface area contributed by atoms with Gasteiger partial charge in [-0.05, 0) is 54.2 Å². The van der Waals surface area contributed by atoms with Crippen LogP contribution in [-0.2, 0) is 4.79 Å². The van der Waals surface area contributed by atoms with E-state index < -0.39 is 0 Å². The average molecular weight is 306 g/mol. The molecule has 0 amide bonds. The summed E-state index contributed by atoms with van der Waals surface area (Å²) < 4.78 is 10.8. The second-order valence-corrected chi connectivity index (χ2v) is 6.22. The predicted octanol–water partition coefficient (Wildman–Crippen LogP) is 4.25. The fraction of sp³-hybridized carbons (Fsp3) is 0.250. The zero-order chi connectivity index (χ0) is 15.8. The molecule has 1 aliphatic heterocycles. The van der Waals surface area contributed by atoms with Gasteiger partial charge >= 0.3 is 0 Å². The fourth-order valence-corrected chi connectivity index (χ4v) is 3.26. The Morgan fingerprint density at radius 1 is 0.957 bits per heavy atom. The van der Waals surface area contributed by atoms with E-state index in [1.165, 1.54) is 5.56 Å². The van der Waals surface area contributed by atoms with Gasteiger partial charge in [0.25, 0.3) is 0 Å². The highest BCUT2D eigenvalue weighted by Gasteiger charge is 2.25. The molecule has 1 unspecified atom stereocenters. The molecule has 1 aliphatic carbocycles. The zero-order valence-electron chi connectivity index (χ0n) is 13.0. The second kappa shape index (κ2) is 5.58. The smallest absolute Gasteiger partial charge is 0.231 e. The Bertz CT molecular complexity index is 787. The first-order valence-electron chi connectivity index (χ1n) is 7.89. The fourth-order valence-electron chi connectivity index (χ4n) is 3.26. The molecule has 2 aromatic rings. The van der Waals surface area contributed by atoms with E-state index in [0.29, 0.717) is 6.42 Å². The molecule has 0 radical (unpaired) electrons. The topological polar surface area (TPSA) is 35.5 Å². The van der Waals surface area contributed by atoms with Gasteiger partial charge < -0.3 is 9.47 Å². The summed E-state index contributed by atoms with van der Waals surface area (Å²) >= 11 is 0. The normalized spacial score (nSPS) is 19.6. The van der Waals surface area contributed by atoms with Crippen LogP contribution in [0, 0.1) is 6.92 Å². The molecule has 3 heteroatoms. The van der Waals surface area contributed by atoms with Crippen LogP contribution in [0.3, 0.4) is 0 Å². The molecule has 0 N–H and O–H groups in total. The van der Waals surface area contributed by atoms with E-state index in [2.05, 4.69) is 31.2 Å². The number of allylic oxidation sites excluding steroid dienone is 2. The minimum absolute atomic E-state index is 0.189. The van der Waals surface area contributed by atoms with Crippen molar-refractivity contribution in [2.24, 2.45) is 0 Å². The van der Waals surface area contributed by atoms with Crippen LogP contribution in [0.1, 0.15) is 35.4 Å². The SMILES string of the molecule is Cc1ccc(C2=CC(=O)CC(c3ccc4c(c3)OCO4)C2)cc1. The van der Waals surface area contributed by atoms with Gasteiger partial charge in [0.15, 0.2) is 17.3 Å². The van der Waals surface area contributed by atoms with E-state index in [0.717, 1.165) is 34.6 Å². The molecular weight excluding hydrogens is 288 g/mol. The van der Waals surface area contributed by atoms with E-state index in [9.17, 15) is 4.79 Å². The van der Waals surface area contributed by atoms with E-state index in [4.69, 9.17) is 9.47 Å². The Morgan fingerprint density at radius 3 is 2.57 bits per heavy atom. The van der Waals surface area contributed by atoms with Crippen LogP contribution in [0.5, 0.6) is 11.5 Å². The lowest BCUT2D eigenvalue weighted by Gasteiger charge is -2.23. The predicted molar refractivity (Wildman–Crippen MR) is 88.7 cm³/mol. The highest BCUT2D eigenvalue weighted by Crippen LogP contribution is 2.40. The zero-order valence-corrected chi connectivity index (χ0v) is 13.0. The standard InChI is InChI=1S/C20H18O3/c1-13-2-4-14(5-3-13)16-8-17(10-18(21)9-16)15-6-7-19-20(11-15)23-12-22-19/h2-7,9,11,17H,8,10,12H2,1H3. The first-order chi connectivity index (χ1) is 11.2. The summed E-state index contributed by atoms with van der Waals surface area (Å²) in [6, 6.07) is 14.4. The summed E-state index contributed by atoms with van der Waals surface area (Å²) in [4.78, 5) is 12.2. The maximum absolute atomic E-state index is 12.2. The van der Waals surface area contributed by atoms with Gasteiger partial charge in [0.05, 0.1) is 0 Å². The van der Waals surface area contributed by atoms with Gasteiger partial charge in [-0.3, -0.25) is 4.79 Å². The van der Waals surface area contributed by atoms with Crippen molar-refractivity contribution in [2.45, 2.75) is 25.7 Å². The Hall–Kier alpha value is -2.55. The van der Waals surface area contributed by atoms with Crippen molar-refractivity contribution >= 4 is 11.4 Å². The molecule has 0 saturated heterocycles. The van der Waals surface area contributed by atoms with E-state index in [1.54, 1.807) is 6.08 Å². The lowest BCUT2D eigenvalue weighted by Crippen LogP contribution is -2.12. The first kappa shape index (κ1) is 14.1. The van der Waals surface area contributed by atoms with Gasteiger partial charge in [-0.2, -0.15) is 0 Å². The van der Waals surface area contributed by atoms with Crippen molar-refractivity contribution in [1.82, 2.24) is 0 Å². The van der Waals surface area contributed by atoms with Crippen LogP contribution in [0.25, 0.3) is 5.57 Å². The van der Waals surface area contributed by atoms with E-state index in [1.807, 2.05) is 18.2 Å². The summed E-state index contributed by atoms with van der Waals surface area (Å²) in [6.45, 7) is 2.34. The third-order valence-corrected chi connectivity index (χ3v) is 4.54. The Labute approximate surface area is 135 Å². The molecule has 23 heavy (non-hydrogen) atoms. The number of ketones is 1. The van der Waals surface area contributed by atoms with Crippen LogP contribution in [0.4, 0.5) is 0 Å². The maximum atomic E-state index is 12.2. The van der Waals surface area contributed by atoms with Crippen LogP contribution in [0.2, 0.25) is 0 Å². The Balaban J connectivity index is 1.63. The number of hydrogen-bond donors (Lipinski definition) is 0. The highest BCUT2D eigenvalue weighted by molar-refractivity contribution is 5.99. The number of ether oxygens (including phenoxy) is 2. The van der Waals surface area contributed by atoms with Crippen LogP contribution in [-0.4, -0.2) is 12.6 Å². The lowest BCUT2D eigenvalue weighted by molar-refractivity contribution is -0.115. The van der Waals surface area contributed by atoms with E-state index in [-0.39, 0.29) is 18.5 Å². The molecule has 0 bridgehead atoms. The minimum Gasteiger partial charge on any atom is -0.454 e. The molecule has 2 aliphatic rings. The van der Waals surface area contributed by atoms with E-state index >= 15 is 0 Å². The number of rotatable bonds is 2. The molecule has 2 aromatic carbocycles. The first-order valence-corrected chi connectivity index (χ1v) is 7.89. The third kappa shape index (κ3) is 2.74. The molecule has 3 nitrogen and oxygen atoms in total. The average Bonchev–Trinajstić information content (AvgIpc) is 3.02. The largest absolute Gasteiger partial charge is 0.454 e. The number of benzene rings is 2. The van der Waals surface area contributed by atoms with Crippen LogP contribution in [0.15, 0.2) is 48.5 Å². The quantitative estimate of drug-likeness (QED) is 0.832. The second-order valence-electron chi connectivity index (χ2n) is 6.22. The number of fused-ring (bicyclic) bond motifs is 1. The van der Waals surface area contributed by atoms with Crippen molar-refractivity contribution in [3.05, 3.63) is 65.2 Å². The van der Waals surface area contributed by atoms with Crippen molar-refractivity contribution < 1.29 is 14.3 Å². The van der Waals surface area contributed by atoms with Gasteiger partial charge in [-0.1, -0.05) is 35.9 Å². The summed E-state index contributed by atoms with van der Waals surface area (Å²) in [6.07, 6.45) is 3.22. The Morgan fingerprint density at radius 2 is 1.74 bits per heavy atom. The Kier molecular flexibility index (Phi) is 3.41. The molecule has 0 fully saturated rings. The van der Waals surface area contributed by atoms with Crippen molar-refractivity contribution in [1.29, 1.82) is 0 Å². The molecule has 4 rings (SSSR count). The van der Waals surface area contributed by atoms with Crippen LogP contribution >= 0.6 is 0 Å². The molecule has 0 spiro atoms. The number of carbonyl (C=O) groups is 1. The van der Waals surface area contributed by atoms with Crippen molar-refractivity contribution in [2.75, 3.05) is 6.79 Å². The van der Waals surface area contributed by atoms with Gasteiger partial charge in [-0.25, -0.2) is 0 Å². The molecule has 1 heterocycles. The molecule has 1 atom stereocenters. The van der Waals surface area contributed by atoms with Gasteiger partial charge in [0.1, 0.15) is 0 Å². The number of aryl methyl sites for hydroxylation is 1. The van der Waals surface area contributed by atoms with Crippen molar-refractivity contribution in [3.8, 4) is 11.5 Å². The number of carbonyl (C=O) groups excluding carboxylic acids is 1. The van der Waals surface area contributed by atoms with Crippen LogP contribution < -0.4 is 9.47 Å². The third-order valence-electron chi connectivity index (χ3n) is 4.54. The summed E-state index contributed by atoms with van der Waals surface area (Å²) in [5, 5.41) is 0. The molecular formula is C20H18O3. The molecule has 116 valence electrons. The summed E-state index contributed by atoms with van der Waals surface area (Å²) in [5.41, 5.74) is 4.61. The highest BCUT2D eigenvalue weighted by atomic mass is 16.7. The van der Waals surface area contributed by atoms with Gasteiger partial charge in [0, 0.05) is 6.42 Å². The lowest BCUT2D eigenvalue weighted by atomic mass is 9.81.